The van der Waals surface area contributed by atoms with E-state index in [4.69, 9.17) is 42.3 Å². The predicted octanol–water partition coefficient (Wildman–Crippen LogP) is 4.87. The molecule has 0 saturated carbocycles. The van der Waals surface area contributed by atoms with Gasteiger partial charge < -0.3 is 19.6 Å². The van der Waals surface area contributed by atoms with Crippen LogP contribution in [-0.2, 0) is 29.8 Å². The van der Waals surface area contributed by atoms with Crippen LogP contribution in [0.3, 0.4) is 0 Å². The third kappa shape index (κ3) is 14.1. The van der Waals surface area contributed by atoms with Gasteiger partial charge in [0.15, 0.2) is 0 Å². The first-order valence-corrected chi connectivity index (χ1v) is 27.4. The Bertz CT molecular complexity index is 3170. The van der Waals surface area contributed by atoms with Gasteiger partial charge in [0.05, 0.1) is 58.2 Å². The molecule has 24 nitrogen and oxygen atoms in total. The maximum absolute atomic E-state index is 13.4. The summed E-state index contributed by atoms with van der Waals surface area (Å²) in [4.78, 5) is 79.2. The first kappa shape index (κ1) is 56.4. The van der Waals surface area contributed by atoms with E-state index in [2.05, 4.69) is 43.7 Å². The third-order valence-corrected chi connectivity index (χ3v) is 12.6. The van der Waals surface area contributed by atoms with E-state index in [-0.39, 0.29) is 36.3 Å². The van der Waals surface area contributed by atoms with Crippen LogP contribution in [0.5, 0.6) is 0 Å². The Kier molecular flexibility index (Phi) is 17.6. The lowest BCUT2D eigenvalue weighted by Gasteiger charge is -2.31. The fraction of sp³-hybridized carbons (Fsp3) is 0.292. The second-order valence-electron chi connectivity index (χ2n) is 17.7. The van der Waals surface area contributed by atoms with Crippen molar-refractivity contribution in [2.75, 3.05) is 102 Å². The van der Waals surface area contributed by atoms with E-state index in [0.717, 1.165) is 52.4 Å². The molecule has 6 aliphatic heterocycles. The SMILES string of the molecule is CN1CCN(/C=C2\N=C3CN=C(c4ccccc4Cl)c4cc([N+](=O)[O-])ccc4N3C2=O)CC1.CN1CCN(/C=C2\N=C3CN=C(c4ccccc4Cl)c4cc([N+](=O)[O-])ccc4N3C2=O)CC1.CS(=O)(=O)O.CS(=O)(=O)O. The molecule has 400 valence electrons. The Balaban J connectivity index is 0.000000188. The average Bonchev–Trinajstić information content (AvgIpc) is 3.69. The van der Waals surface area contributed by atoms with Crippen molar-refractivity contribution in [3.05, 3.63) is 161 Å². The molecule has 6 aliphatic rings. The van der Waals surface area contributed by atoms with E-state index in [1.165, 1.54) is 34.1 Å². The fourth-order valence-electron chi connectivity index (χ4n) is 8.34. The molecular weight excluding hydrogens is 1070 g/mol. The van der Waals surface area contributed by atoms with Crippen LogP contribution in [0.4, 0.5) is 22.7 Å². The first-order valence-electron chi connectivity index (χ1n) is 23.0. The number of nitro benzene ring substituents is 2. The summed E-state index contributed by atoms with van der Waals surface area (Å²) in [6.07, 6.45) is 5.04. The highest BCUT2D eigenvalue weighted by Crippen LogP contribution is 2.37. The molecule has 0 radical (unpaired) electrons. The van der Waals surface area contributed by atoms with Crippen LogP contribution in [0, 0.1) is 20.2 Å². The number of benzene rings is 4. The van der Waals surface area contributed by atoms with Crippen molar-refractivity contribution >= 4 is 101 Å². The lowest BCUT2D eigenvalue weighted by atomic mass is 9.99. The van der Waals surface area contributed by atoms with Gasteiger partial charge >= 0.3 is 0 Å². The van der Waals surface area contributed by atoms with E-state index in [0.29, 0.717) is 90.7 Å². The smallest absolute Gasteiger partial charge is 0.284 e. The van der Waals surface area contributed by atoms with E-state index < -0.39 is 30.1 Å². The van der Waals surface area contributed by atoms with Gasteiger partial charge in [0.2, 0.25) is 0 Å². The minimum Gasteiger partial charge on any atom is -0.373 e. The summed E-state index contributed by atoms with van der Waals surface area (Å²) in [5.74, 6) is 0.430. The van der Waals surface area contributed by atoms with Gasteiger partial charge in [-0.2, -0.15) is 16.8 Å². The number of halogens is 2. The number of rotatable bonds is 6. The quantitative estimate of drug-likeness (QED) is 0.113. The molecule has 0 aromatic heterocycles. The molecule has 28 heteroatoms. The van der Waals surface area contributed by atoms with E-state index in [1.807, 2.05) is 24.3 Å². The topological polar surface area (TPSA) is 298 Å². The molecule has 0 atom stereocenters. The zero-order chi connectivity index (χ0) is 55.2. The largest absolute Gasteiger partial charge is 0.373 e. The lowest BCUT2D eigenvalue weighted by molar-refractivity contribution is -0.385. The van der Waals surface area contributed by atoms with E-state index in [1.54, 1.807) is 48.8 Å². The van der Waals surface area contributed by atoms with Crippen LogP contribution in [0.15, 0.2) is 129 Å². The number of anilines is 2. The van der Waals surface area contributed by atoms with Gasteiger partial charge in [0, 0.05) is 121 Å². The molecule has 2 saturated heterocycles. The monoisotopic (exact) mass is 1120 g/mol. The highest BCUT2D eigenvalue weighted by Gasteiger charge is 2.39. The van der Waals surface area contributed by atoms with Crippen LogP contribution in [0.2, 0.25) is 10.0 Å². The number of nitro groups is 2. The van der Waals surface area contributed by atoms with Crippen molar-refractivity contribution in [1.82, 2.24) is 19.6 Å². The summed E-state index contributed by atoms with van der Waals surface area (Å²) in [7, 11) is -3.19. The molecule has 6 heterocycles. The fourth-order valence-corrected chi connectivity index (χ4v) is 8.79. The summed E-state index contributed by atoms with van der Waals surface area (Å²) in [6.45, 7) is 7.21. The molecule has 76 heavy (non-hydrogen) atoms. The van der Waals surface area contributed by atoms with Crippen molar-refractivity contribution in [2.45, 2.75) is 0 Å². The summed E-state index contributed by atoms with van der Waals surface area (Å²) in [5.41, 5.74) is 4.72. The molecule has 0 unspecified atom stereocenters. The highest BCUT2D eigenvalue weighted by atomic mass is 35.5. The first-order chi connectivity index (χ1) is 35.8. The number of fused-ring (bicyclic) bond motifs is 6. The van der Waals surface area contributed by atoms with Crippen LogP contribution in [0.25, 0.3) is 0 Å². The standard InChI is InChI=1S/2C23H21ClN6O3.2CH4O3S/c2*1-27-8-10-28(11-9-27)14-19-23(31)29-20-7-6-15(30(32)33)12-17(20)22(25-13-21(29)26-19)16-4-2-3-5-18(16)24;2*1-5(2,3)4/h2*2-7,12,14H,8-11,13H2,1H3;2*1H3,(H,2,3,4)/b2*19-14-;;. The Morgan fingerprint density at radius 3 is 1.20 bits per heavy atom. The normalized spacial score (nSPS) is 18.6. The second-order valence-corrected chi connectivity index (χ2v) is 21.5. The summed E-state index contributed by atoms with van der Waals surface area (Å²) >= 11 is 12.9. The van der Waals surface area contributed by atoms with E-state index in [9.17, 15) is 46.7 Å². The number of hydrogen-bond acceptors (Lipinski definition) is 18. The van der Waals surface area contributed by atoms with Crippen molar-refractivity contribution < 1.29 is 45.4 Å². The van der Waals surface area contributed by atoms with Gasteiger partial charge in [-0.3, -0.25) is 58.7 Å². The Morgan fingerprint density at radius 2 is 0.882 bits per heavy atom. The van der Waals surface area contributed by atoms with Gasteiger partial charge in [-0.25, -0.2) is 9.98 Å². The number of amides is 2. The van der Waals surface area contributed by atoms with Crippen molar-refractivity contribution in [2.24, 2.45) is 20.0 Å². The number of non-ortho nitro benzene ring substituents is 2. The molecule has 0 bridgehead atoms. The maximum Gasteiger partial charge on any atom is 0.284 e. The van der Waals surface area contributed by atoms with Crippen LogP contribution in [0.1, 0.15) is 22.3 Å². The second kappa shape index (κ2) is 23.7. The number of carbonyl (C=O) groups is 2. The van der Waals surface area contributed by atoms with Gasteiger partial charge in [-0.05, 0) is 38.4 Å². The number of hydrogen-bond donors (Lipinski definition) is 2. The van der Waals surface area contributed by atoms with Crippen LogP contribution in [-0.4, -0.2) is 182 Å². The number of carbonyl (C=O) groups excluding carboxylic acids is 2. The average molecular weight is 1120 g/mol. The molecule has 4 aromatic rings. The van der Waals surface area contributed by atoms with Gasteiger partial charge in [0.25, 0.3) is 43.4 Å². The van der Waals surface area contributed by atoms with Gasteiger partial charge in [-0.1, -0.05) is 59.6 Å². The number of aliphatic imine (C=N–C) groups is 4. The summed E-state index contributed by atoms with van der Waals surface area (Å²) in [5, 5.41) is 23.9. The summed E-state index contributed by atoms with van der Waals surface area (Å²) < 4.78 is 51.7. The molecule has 0 aliphatic carbocycles. The van der Waals surface area contributed by atoms with Crippen molar-refractivity contribution in [3.63, 3.8) is 0 Å². The third-order valence-electron chi connectivity index (χ3n) is 11.9. The molecular formula is C48H50Cl2N12O12S2. The molecule has 4 aromatic carbocycles. The molecule has 2 N–H and O–H groups in total. The number of nitrogens with zero attached hydrogens (tertiary/aromatic N) is 12. The predicted molar refractivity (Wildman–Crippen MR) is 289 cm³/mol. The number of amidine groups is 2. The Morgan fingerprint density at radius 1 is 0.553 bits per heavy atom. The summed E-state index contributed by atoms with van der Waals surface area (Å²) in [6, 6.07) is 23.2. The molecule has 0 spiro atoms. The number of likely N-dealkylation sites (N-methyl/N-ethyl adjacent to an activating group) is 2. The lowest BCUT2D eigenvalue weighted by Crippen LogP contribution is -2.42. The maximum atomic E-state index is 13.4. The highest BCUT2D eigenvalue weighted by molar-refractivity contribution is 7.85. The van der Waals surface area contributed by atoms with Crippen LogP contribution >= 0.6 is 23.2 Å². The van der Waals surface area contributed by atoms with Crippen molar-refractivity contribution in [3.8, 4) is 0 Å². The Labute approximate surface area is 447 Å². The Hall–Kier alpha value is -7.30. The molecule has 2 fully saturated rings. The zero-order valence-electron chi connectivity index (χ0n) is 41.2. The zero-order valence-corrected chi connectivity index (χ0v) is 44.4. The van der Waals surface area contributed by atoms with Crippen molar-refractivity contribution in [1.29, 1.82) is 0 Å². The molecule has 2 amide bonds. The molecule has 10 rings (SSSR count). The number of piperazine rings is 2. The minimum absolute atomic E-state index is 0.0891. The van der Waals surface area contributed by atoms with Gasteiger partial charge in [0.1, 0.15) is 23.1 Å². The van der Waals surface area contributed by atoms with Gasteiger partial charge in [-0.15, -0.1) is 0 Å². The van der Waals surface area contributed by atoms with E-state index >= 15 is 0 Å². The minimum atomic E-state index is -3.67. The van der Waals surface area contributed by atoms with Crippen LogP contribution < -0.4 is 9.80 Å².